The number of halogens is 1. The van der Waals surface area contributed by atoms with Crippen molar-refractivity contribution in [2.24, 2.45) is 0 Å². The minimum atomic E-state index is -0.123. The van der Waals surface area contributed by atoms with E-state index >= 15 is 0 Å². The average Bonchev–Trinajstić information content (AvgIpc) is 2.62. The van der Waals surface area contributed by atoms with E-state index in [1.54, 1.807) is 19.2 Å². The number of nitrogens with two attached hydrogens (primary N) is 1. The zero-order chi connectivity index (χ0) is 17.6. The Hall–Kier alpha value is -2.24. The number of carbonyl (C=O) groups excluding carboxylic acids is 1. The second-order valence-corrected chi connectivity index (χ2v) is 6.21. The molecule has 0 aliphatic heterocycles. The first-order chi connectivity index (χ1) is 12.2. The Labute approximate surface area is 160 Å². The van der Waals surface area contributed by atoms with Gasteiger partial charge in [0, 0.05) is 12.8 Å². The summed E-state index contributed by atoms with van der Waals surface area (Å²) in [7, 11) is 1.62. The predicted octanol–water partition coefficient (Wildman–Crippen LogP) is 3.52. The summed E-state index contributed by atoms with van der Waals surface area (Å²) >= 11 is 0. The smallest absolute Gasteiger partial charge is 0.255 e. The van der Waals surface area contributed by atoms with E-state index < -0.39 is 0 Å². The van der Waals surface area contributed by atoms with Gasteiger partial charge in [0.05, 0.1) is 18.2 Å². The first kappa shape index (κ1) is 20.1. The number of hydrogen-bond donors (Lipinski definition) is 2. The van der Waals surface area contributed by atoms with Crippen LogP contribution in [0.25, 0.3) is 0 Å². The number of carbonyl (C=O) groups is 1. The van der Waals surface area contributed by atoms with Gasteiger partial charge in [-0.1, -0.05) is 18.2 Å². The molecule has 0 saturated heterocycles. The second-order valence-electron chi connectivity index (χ2n) is 6.21. The van der Waals surface area contributed by atoms with Gasteiger partial charge in [0.15, 0.2) is 0 Å². The maximum atomic E-state index is 12.8. The van der Waals surface area contributed by atoms with Crippen molar-refractivity contribution >= 4 is 24.0 Å². The lowest BCUT2D eigenvalue weighted by Gasteiger charge is -2.27. The van der Waals surface area contributed by atoms with Gasteiger partial charge < -0.3 is 20.5 Å². The van der Waals surface area contributed by atoms with Crippen LogP contribution in [0.4, 0.5) is 5.69 Å². The highest BCUT2D eigenvalue weighted by molar-refractivity contribution is 5.97. The highest BCUT2D eigenvalue weighted by atomic mass is 35.5. The molecule has 0 saturated carbocycles. The van der Waals surface area contributed by atoms with Crippen LogP contribution in [0.15, 0.2) is 42.5 Å². The first-order valence-electron chi connectivity index (χ1n) is 8.59. The van der Waals surface area contributed by atoms with Gasteiger partial charge in [-0.2, -0.15) is 0 Å². The maximum Gasteiger partial charge on any atom is 0.255 e. The fourth-order valence-corrected chi connectivity index (χ4v) is 3.24. The van der Waals surface area contributed by atoms with E-state index in [-0.39, 0.29) is 24.4 Å². The third-order valence-electron chi connectivity index (χ3n) is 4.46. The number of fused-ring (bicyclic) bond motifs is 1. The molecule has 2 aromatic rings. The zero-order valence-corrected chi connectivity index (χ0v) is 15.7. The molecule has 1 unspecified atom stereocenters. The van der Waals surface area contributed by atoms with Crippen molar-refractivity contribution in [3.63, 3.8) is 0 Å². The minimum Gasteiger partial charge on any atom is -0.490 e. The third-order valence-corrected chi connectivity index (χ3v) is 4.46. The van der Waals surface area contributed by atoms with Crippen LogP contribution >= 0.6 is 12.4 Å². The van der Waals surface area contributed by atoms with Gasteiger partial charge in [0.2, 0.25) is 0 Å². The van der Waals surface area contributed by atoms with Gasteiger partial charge >= 0.3 is 0 Å². The molecule has 0 radical (unpaired) electrons. The van der Waals surface area contributed by atoms with E-state index in [9.17, 15) is 4.79 Å². The molecule has 0 bridgehead atoms. The van der Waals surface area contributed by atoms with Crippen molar-refractivity contribution in [3.8, 4) is 5.75 Å². The highest BCUT2D eigenvalue weighted by Gasteiger charge is 2.23. The first-order valence-corrected chi connectivity index (χ1v) is 8.59. The van der Waals surface area contributed by atoms with Crippen LogP contribution in [0.5, 0.6) is 5.75 Å². The molecule has 0 aromatic heterocycles. The molecule has 0 fully saturated rings. The second kappa shape index (κ2) is 9.46. The zero-order valence-electron chi connectivity index (χ0n) is 14.9. The lowest BCUT2D eigenvalue weighted by atomic mass is 9.87. The lowest BCUT2D eigenvalue weighted by Crippen LogP contribution is -2.31. The van der Waals surface area contributed by atoms with Crippen LogP contribution in [0.2, 0.25) is 0 Å². The summed E-state index contributed by atoms with van der Waals surface area (Å²) in [5, 5.41) is 3.15. The summed E-state index contributed by atoms with van der Waals surface area (Å²) in [5.41, 5.74) is 9.57. The summed E-state index contributed by atoms with van der Waals surface area (Å²) in [6, 6.07) is 13.2. The highest BCUT2D eigenvalue weighted by Crippen LogP contribution is 2.31. The molecule has 3 N–H and O–H groups in total. The maximum absolute atomic E-state index is 12.8. The largest absolute Gasteiger partial charge is 0.490 e. The minimum absolute atomic E-state index is 0. The number of para-hydroxylation sites is 1. The van der Waals surface area contributed by atoms with Gasteiger partial charge in [-0.25, -0.2) is 0 Å². The Kier molecular flexibility index (Phi) is 7.30. The Balaban J connectivity index is 0.00000243. The van der Waals surface area contributed by atoms with Crippen LogP contribution in [-0.2, 0) is 11.2 Å². The summed E-state index contributed by atoms with van der Waals surface area (Å²) in [4.78, 5) is 12.8. The summed E-state index contributed by atoms with van der Waals surface area (Å²) < 4.78 is 10.7. The molecule has 140 valence electrons. The molecule has 2 aromatic carbocycles. The third kappa shape index (κ3) is 4.68. The summed E-state index contributed by atoms with van der Waals surface area (Å²) in [6.07, 6.45) is 2.96. The summed E-state index contributed by atoms with van der Waals surface area (Å²) in [6.45, 7) is 0.889. The Morgan fingerprint density at radius 2 is 2.04 bits per heavy atom. The number of rotatable bonds is 6. The van der Waals surface area contributed by atoms with E-state index in [0.29, 0.717) is 24.5 Å². The van der Waals surface area contributed by atoms with E-state index in [1.807, 2.05) is 30.3 Å². The van der Waals surface area contributed by atoms with Crippen molar-refractivity contribution in [1.82, 2.24) is 5.32 Å². The molecule has 0 heterocycles. The number of hydrogen-bond acceptors (Lipinski definition) is 4. The van der Waals surface area contributed by atoms with E-state index in [1.165, 1.54) is 5.56 Å². The van der Waals surface area contributed by atoms with Crippen LogP contribution in [-0.4, -0.2) is 26.2 Å². The normalized spacial score (nSPS) is 15.5. The predicted molar refractivity (Wildman–Crippen MR) is 105 cm³/mol. The molecule has 5 nitrogen and oxygen atoms in total. The molecule has 1 atom stereocenters. The van der Waals surface area contributed by atoms with Crippen LogP contribution in [0.1, 0.15) is 40.4 Å². The molecular formula is C20H25ClN2O3. The standard InChI is InChI=1S/C20H24N2O3.ClH/c1-24-11-12-25-19-8-3-2-6-17(19)20(23)22-18-7-4-5-14-13-15(21)9-10-16(14)18;/h2-3,6,8-10,13,18H,4-5,7,11-12,21H2,1H3,(H,22,23);1H. The SMILES string of the molecule is COCCOc1ccccc1C(=O)NC1CCCc2cc(N)ccc21.Cl. The van der Waals surface area contributed by atoms with E-state index in [4.69, 9.17) is 15.2 Å². The molecular weight excluding hydrogens is 352 g/mol. The molecule has 1 amide bonds. The van der Waals surface area contributed by atoms with E-state index in [0.717, 1.165) is 30.5 Å². The molecule has 0 spiro atoms. The Morgan fingerprint density at radius 1 is 1.23 bits per heavy atom. The van der Waals surface area contributed by atoms with Crippen molar-refractivity contribution in [3.05, 3.63) is 59.2 Å². The van der Waals surface area contributed by atoms with Crippen LogP contribution in [0, 0.1) is 0 Å². The van der Waals surface area contributed by atoms with E-state index in [2.05, 4.69) is 5.32 Å². The van der Waals surface area contributed by atoms with Gasteiger partial charge in [-0.05, 0) is 54.7 Å². The van der Waals surface area contributed by atoms with Crippen molar-refractivity contribution in [2.75, 3.05) is 26.1 Å². The number of benzene rings is 2. The lowest BCUT2D eigenvalue weighted by molar-refractivity contribution is 0.0925. The molecule has 3 rings (SSSR count). The molecule has 1 aliphatic carbocycles. The topological polar surface area (TPSA) is 73.6 Å². The molecule has 26 heavy (non-hydrogen) atoms. The average molecular weight is 377 g/mol. The molecule has 1 aliphatic rings. The fourth-order valence-electron chi connectivity index (χ4n) is 3.24. The van der Waals surface area contributed by atoms with Crippen molar-refractivity contribution < 1.29 is 14.3 Å². The number of ether oxygens (including phenoxy) is 2. The monoisotopic (exact) mass is 376 g/mol. The van der Waals surface area contributed by atoms with Gasteiger partial charge in [0.1, 0.15) is 12.4 Å². The van der Waals surface area contributed by atoms with Crippen LogP contribution < -0.4 is 15.8 Å². The Bertz CT molecular complexity index is 752. The van der Waals surface area contributed by atoms with Crippen molar-refractivity contribution in [2.45, 2.75) is 25.3 Å². The summed E-state index contributed by atoms with van der Waals surface area (Å²) in [5.74, 6) is 0.452. The van der Waals surface area contributed by atoms with Gasteiger partial charge in [0.25, 0.3) is 5.91 Å². The quantitative estimate of drug-likeness (QED) is 0.597. The van der Waals surface area contributed by atoms with Crippen molar-refractivity contribution in [1.29, 1.82) is 0 Å². The number of methoxy groups -OCH3 is 1. The number of anilines is 1. The van der Waals surface area contributed by atoms with Gasteiger partial charge in [-0.15, -0.1) is 12.4 Å². The van der Waals surface area contributed by atoms with Crippen LogP contribution in [0.3, 0.4) is 0 Å². The Morgan fingerprint density at radius 3 is 2.85 bits per heavy atom. The number of amides is 1. The number of nitrogens with one attached hydrogen (secondary N) is 1. The fraction of sp³-hybridized carbons (Fsp3) is 0.350. The molecule has 6 heteroatoms. The van der Waals surface area contributed by atoms with Gasteiger partial charge in [-0.3, -0.25) is 4.79 Å². The number of aryl methyl sites for hydroxylation is 1. The number of nitrogen functional groups attached to an aromatic ring is 1.